The monoisotopic (exact) mass is 367 g/mol. The highest BCUT2D eigenvalue weighted by atomic mass is 19.4. The Labute approximate surface area is 148 Å². The summed E-state index contributed by atoms with van der Waals surface area (Å²) in [7, 11) is 0. The van der Waals surface area contributed by atoms with Gasteiger partial charge in [0.05, 0.1) is 16.6 Å². The zero-order valence-electron chi connectivity index (χ0n) is 14.6. The quantitative estimate of drug-likeness (QED) is 0.807. The van der Waals surface area contributed by atoms with Crippen LogP contribution in [0.25, 0.3) is 11.1 Å². The van der Waals surface area contributed by atoms with Gasteiger partial charge in [0, 0.05) is 30.6 Å². The molecule has 5 nitrogen and oxygen atoms in total. The van der Waals surface area contributed by atoms with Gasteiger partial charge in [-0.25, -0.2) is 4.98 Å². The highest BCUT2D eigenvalue weighted by Crippen LogP contribution is 2.41. The first-order valence-corrected chi connectivity index (χ1v) is 8.88. The fourth-order valence-electron chi connectivity index (χ4n) is 3.84. The van der Waals surface area contributed by atoms with Crippen LogP contribution in [-0.2, 0) is 11.0 Å². The van der Waals surface area contributed by atoms with E-state index in [1.165, 1.54) is 6.92 Å². The summed E-state index contributed by atoms with van der Waals surface area (Å²) >= 11 is 0. The van der Waals surface area contributed by atoms with Crippen LogP contribution < -0.4 is 0 Å². The molecule has 140 valence electrons. The van der Waals surface area contributed by atoms with Gasteiger partial charge in [0.15, 0.2) is 0 Å². The Kier molecular flexibility index (Phi) is 3.96. The second-order valence-electron chi connectivity index (χ2n) is 7.46. The van der Waals surface area contributed by atoms with Crippen LogP contribution in [0.1, 0.15) is 49.1 Å². The standard InChI is InChI=1S/C18H20F3N3O2/c1-9-7-12(9)17(25)24-5-3-11(4-6-24)14-8-13(18(19,20)21)15-10(2)23-26-16(15)22-14/h8-9,11-12H,3-7H2,1-2H3/t9-,12-/m1/s1. The van der Waals surface area contributed by atoms with Crippen LogP contribution >= 0.6 is 0 Å². The number of likely N-dealkylation sites (tertiary alicyclic amines) is 1. The summed E-state index contributed by atoms with van der Waals surface area (Å²) in [6, 6.07) is 1.12. The van der Waals surface area contributed by atoms with Gasteiger partial charge in [-0.1, -0.05) is 12.1 Å². The molecule has 0 radical (unpaired) electrons. The Balaban J connectivity index is 1.57. The van der Waals surface area contributed by atoms with Gasteiger partial charge in [-0.15, -0.1) is 0 Å². The van der Waals surface area contributed by atoms with Crippen molar-refractivity contribution in [2.24, 2.45) is 11.8 Å². The third-order valence-corrected chi connectivity index (χ3v) is 5.59. The summed E-state index contributed by atoms with van der Waals surface area (Å²) in [5.74, 6) is 0.649. The van der Waals surface area contributed by atoms with E-state index in [4.69, 9.17) is 4.52 Å². The molecule has 0 aromatic carbocycles. The second-order valence-corrected chi connectivity index (χ2v) is 7.46. The van der Waals surface area contributed by atoms with Gasteiger partial charge in [-0.3, -0.25) is 4.79 Å². The number of halogens is 3. The molecule has 2 aromatic rings. The van der Waals surface area contributed by atoms with Gasteiger partial charge in [-0.05, 0) is 38.2 Å². The zero-order chi connectivity index (χ0) is 18.6. The number of fused-ring (bicyclic) bond motifs is 1. The van der Waals surface area contributed by atoms with E-state index in [1.807, 2.05) is 4.90 Å². The Morgan fingerprint density at radius 2 is 1.96 bits per heavy atom. The third-order valence-electron chi connectivity index (χ3n) is 5.59. The second kappa shape index (κ2) is 5.96. The van der Waals surface area contributed by atoms with Crippen molar-refractivity contribution in [3.05, 3.63) is 23.0 Å². The fourth-order valence-corrected chi connectivity index (χ4v) is 3.84. The van der Waals surface area contributed by atoms with Crippen molar-refractivity contribution in [3.63, 3.8) is 0 Å². The summed E-state index contributed by atoms with van der Waals surface area (Å²) in [6.07, 6.45) is -2.34. The lowest BCUT2D eigenvalue weighted by Crippen LogP contribution is -2.39. The molecule has 3 heterocycles. The van der Waals surface area contributed by atoms with E-state index < -0.39 is 11.7 Å². The molecule has 0 unspecified atom stereocenters. The van der Waals surface area contributed by atoms with Crippen molar-refractivity contribution < 1.29 is 22.5 Å². The van der Waals surface area contributed by atoms with Crippen molar-refractivity contribution in [2.45, 2.75) is 45.2 Å². The molecule has 0 N–H and O–H groups in total. The number of piperidine rings is 1. The van der Waals surface area contributed by atoms with Crippen molar-refractivity contribution in [1.29, 1.82) is 0 Å². The first-order valence-electron chi connectivity index (χ1n) is 8.88. The van der Waals surface area contributed by atoms with Crippen LogP contribution in [0.3, 0.4) is 0 Å². The molecular weight excluding hydrogens is 347 g/mol. The number of hydrogen-bond donors (Lipinski definition) is 0. The molecule has 1 aliphatic carbocycles. The molecule has 26 heavy (non-hydrogen) atoms. The maximum absolute atomic E-state index is 13.5. The minimum atomic E-state index is -4.50. The van der Waals surface area contributed by atoms with E-state index in [0.717, 1.165) is 12.5 Å². The van der Waals surface area contributed by atoms with Gasteiger partial charge in [-0.2, -0.15) is 13.2 Å². The highest BCUT2D eigenvalue weighted by Gasteiger charge is 2.42. The van der Waals surface area contributed by atoms with E-state index in [9.17, 15) is 18.0 Å². The number of rotatable bonds is 2. The van der Waals surface area contributed by atoms with Crippen molar-refractivity contribution in [2.75, 3.05) is 13.1 Å². The van der Waals surface area contributed by atoms with Crippen LogP contribution in [0, 0.1) is 18.8 Å². The molecule has 1 aliphatic heterocycles. The summed E-state index contributed by atoms with van der Waals surface area (Å²) in [5, 5.41) is 3.56. The van der Waals surface area contributed by atoms with Crippen LogP contribution in [0.4, 0.5) is 13.2 Å². The number of aromatic nitrogens is 2. The van der Waals surface area contributed by atoms with Crippen LogP contribution in [-0.4, -0.2) is 34.0 Å². The van der Waals surface area contributed by atoms with E-state index in [1.54, 1.807) is 0 Å². The van der Waals surface area contributed by atoms with E-state index >= 15 is 0 Å². The molecule has 2 aliphatic rings. The summed E-state index contributed by atoms with van der Waals surface area (Å²) in [4.78, 5) is 18.4. The van der Waals surface area contributed by atoms with Gasteiger partial charge < -0.3 is 9.42 Å². The lowest BCUT2D eigenvalue weighted by molar-refractivity contribution is -0.136. The average Bonchev–Trinajstić information content (AvgIpc) is 3.22. The number of carbonyl (C=O) groups excluding carboxylic acids is 1. The van der Waals surface area contributed by atoms with Gasteiger partial charge in [0.2, 0.25) is 5.91 Å². The van der Waals surface area contributed by atoms with Crippen LogP contribution in [0.15, 0.2) is 10.6 Å². The topological polar surface area (TPSA) is 59.2 Å². The lowest BCUT2D eigenvalue weighted by atomic mass is 9.91. The minimum Gasteiger partial charge on any atom is -0.342 e. The molecule has 2 aromatic heterocycles. The Morgan fingerprint density at radius 1 is 1.31 bits per heavy atom. The molecule has 0 spiro atoms. The number of alkyl halides is 3. The Hall–Kier alpha value is -2.12. The number of nitrogens with zero attached hydrogens (tertiary/aromatic N) is 3. The van der Waals surface area contributed by atoms with Crippen molar-refractivity contribution in [1.82, 2.24) is 15.0 Å². The SMILES string of the molecule is Cc1noc2nc(C3CCN(C(=O)[C@@H]4C[C@H]4C)CC3)cc(C(F)(F)F)c12. The number of pyridine rings is 1. The van der Waals surface area contributed by atoms with Crippen LogP contribution in [0.2, 0.25) is 0 Å². The molecule has 1 amide bonds. The summed E-state index contributed by atoms with van der Waals surface area (Å²) in [6.45, 7) is 4.66. The average molecular weight is 367 g/mol. The first-order chi connectivity index (χ1) is 12.3. The number of amides is 1. The van der Waals surface area contributed by atoms with E-state index in [2.05, 4.69) is 17.1 Å². The molecule has 8 heteroatoms. The molecule has 2 fully saturated rings. The van der Waals surface area contributed by atoms with E-state index in [-0.39, 0.29) is 34.5 Å². The molecule has 4 rings (SSSR count). The van der Waals surface area contributed by atoms with Gasteiger partial charge >= 0.3 is 6.18 Å². The first kappa shape index (κ1) is 17.3. The normalized spacial score (nSPS) is 24.3. The highest BCUT2D eigenvalue weighted by molar-refractivity contribution is 5.82. The van der Waals surface area contributed by atoms with Crippen molar-refractivity contribution in [3.8, 4) is 0 Å². The molecule has 1 saturated heterocycles. The van der Waals surface area contributed by atoms with Gasteiger partial charge in [0.1, 0.15) is 0 Å². The predicted molar refractivity (Wildman–Crippen MR) is 87.4 cm³/mol. The third kappa shape index (κ3) is 2.95. The molecule has 2 atom stereocenters. The van der Waals surface area contributed by atoms with Gasteiger partial charge in [0.25, 0.3) is 5.71 Å². The molecule has 1 saturated carbocycles. The predicted octanol–water partition coefficient (Wildman–Crippen LogP) is 3.91. The van der Waals surface area contributed by atoms with E-state index in [0.29, 0.717) is 37.5 Å². The number of carbonyl (C=O) groups is 1. The zero-order valence-corrected chi connectivity index (χ0v) is 14.6. The Morgan fingerprint density at radius 3 is 2.54 bits per heavy atom. The maximum Gasteiger partial charge on any atom is 0.417 e. The Bertz CT molecular complexity index is 853. The summed E-state index contributed by atoms with van der Waals surface area (Å²) in [5.41, 5.74) is -0.266. The molecular formula is C18H20F3N3O2. The minimum absolute atomic E-state index is 0.0716. The molecule has 0 bridgehead atoms. The fraction of sp³-hybridized carbons (Fsp3) is 0.611. The van der Waals surface area contributed by atoms with Crippen LogP contribution in [0.5, 0.6) is 0 Å². The van der Waals surface area contributed by atoms with Crippen molar-refractivity contribution >= 4 is 17.0 Å². The lowest BCUT2D eigenvalue weighted by Gasteiger charge is -2.32. The number of aryl methyl sites for hydroxylation is 1. The maximum atomic E-state index is 13.5. The smallest absolute Gasteiger partial charge is 0.342 e. The summed E-state index contributed by atoms with van der Waals surface area (Å²) < 4.78 is 45.4. The largest absolute Gasteiger partial charge is 0.417 e. The number of hydrogen-bond acceptors (Lipinski definition) is 4.